The second kappa shape index (κ2) is 7.06. The summed E-state index contributed by atoms with van der Waals surface area (Å²) >= 11 is 4.64. The molecule has 1 unspecified atom stereocenters. The molecule has 0 aliphatic carbocycles. The van der Waals surface area contributed by atoms with Gasteiger partial charge < -0.3 is 20.5 Å². The zero-order valence-electron chi connectivity index (χ0n) is 11.6. The third kappa shape index (κ3) is 4.83. The van der Waals surface area contributed by atoms with E-state index < -0.39 is 17.8 Å². The highest BCUT2D eigenvalue weighted by Crippen LogP contribution is 2.34. The molecule has 0 aromatic heterocycles. The molecule has 0 aliphatic heterocycles. The molecule has 1 rings (SSSR count). The lowest BCUT2D eigenvalue weighted by Gasteiger charge is -2.24. The lowest BCUT2D eigenvalue weighted by atomic mass is 10.1. The number of rotatable bonds is 6. The Labute approximate surface area is 126 Å². The lowest BCUT2D eigenvalue weighted by molar-refractivity contribution is -0.137. The molecular formula is C13H17F3N2O2S. The van der Waals surface area contributed by atoms with Crippen LogP contribution in [0.1, 0.15) is 11.1 Å². The van der Waals surface area contributed by atoms with Gasteiger partial charge in [0.25, 0.3) is 0 Å². The van der Waals surface area contributed by atoms with Crippen LogP contribution < -0.4 is 10.6 Å². The molecule has 0 heterocycles. The van der Waals surface area contributed by atoms with E-state index in [2.05, 4.69) is 12.2 Å². The van der Waals surface area contributed by atoms with E-state index in [0.717, 1.165) is 6.07 Å². The third-order valence-electron chi connectivity index (χ3n) is 2.86. The van der Waals surface area contributed by atoms with Gasteiger partial charge in [0.1, 0.15) is 4.99 Å². The monoisotopic (exact) mass is 322 g/mol. The van der Waals surface area contributed by atoms with Crippen molar-refractivity contribution in [3.8, 4) is 0 Å². The minimum Gasteiger partial charge on any atom is -0.389 e. The van der Waals surface area contributed by atoms with Gasteiger partial charge in [0, 0.05) is 32.0 Å². The van der Waals surface area contributed by atoms with Gasteiger partial charge in [0.2, 0.25) is 0 Å². The molecule has 0 amide bonds. The van der Waals surface area contributed by atoms with Crippen LogP contribution in [-0.2, 0) is 10.9 Å². The summed E-state index contributed by atoms with van der Waals surface area (Å²) in [5, 5.41) is 9.62. The number of ether oxygens (including phenoxy) is 1. The Morgan fingerprint density at radius 1 is 1.48 bits per heavy atom. The Bertz CT molecular complexity index is 509. The van der Waals surface area contributed by atoms with Crippen LogP contribution >= 0.6 is 12.2 Å². The van der Waals surface area contributed by atoms with E-state index in [1.165, 1.54) is 24.1 Å². The Morgan fingerprint density at radius 3 is 2.57 bits per heavy atom. The van der Waals surface area contributed by atoms with E-state index in [0.29, 0.717) is 5.69 Å². The molecule has 3 N–H and O–H groups in total. The molecule has 0 saturated carbocycles. The average molecular weight is 322 g/mol. The number of aliphatic hydroxyl groups excluding tert-OH is 1. The quantitative estimate of drug-likeness (QED) is 0.782. The van der Waals surface area contributed by atoms with Crippen LogP contribution in [0.15, 0.2) is 18.2 Å². The number of methoxy groups -OCH3 is 1. The van der Waals surface area contributed by atoms with Crippen LogP contribution in [0.4, 0.5) is 18.9 Å². The second-order valence-electron chi connectivity index (χ2n) is 4.58. The fraction of sp³-hybridized carbons (Fsp3) is 0.462. The first kappa shape index (κ1) is 17.7. The maximum Gasteiger partial charge on any atom is 0.417 e. The van der Waals surface area contributed by atoms with Crippen LogP contribution in [0.25, 0.3) is 0 Å². The first-order valence-corrected chi connectivity index (χ1v) is 6.46. The first-order chi connectivity index (χ1) is 9.66. The molecular weight excluding hydrogens is 305 g/mol. The number of aliphatic hydroxyl groups is 1. The number of alkyl halides is 3. The van der Waals surface area contributed by atoms with Crippen LogP contribution in [0.2, 0.25) is 0 Å². The van der Waals surface area contributed by atoms with Crippen molar-refractivity contribution in [2.75, 3.05) is 32.2 Å². The molecule has 0 bridgehead atoms. The summed E-state index contributed by atoms with van der Waals surface area (Å²) in [5.74, 6) is 0. The summed E-state index contributed by atoms with van der Waals surface area (Å²) in [4.78, 5) is 1.19. The van der Waals surface area contributed by atoms with Crippen molar-refractivity contribution in [1.29, 1.82) is 0 Å². The third-order valence-corrected chi connectivity index (χ3v) is 3.08. The van der Waals surface area contributed by atoms with Gasteiger partial charge >= 0.3 is 6.18 Å². The van der Waals surface area contributed by atoms with Crippen LogP contribution in [0.3, 0.4) is 0 Å². The second-order valence-corrected chi connectivity index (χ2v) is 5.02. The number of benzene rings is 1. The van der Waals surface area contributed by atoms with Gasteiger partial charge in [-0.3, -0.25) is 0 Å². The fourth-order valence-corrected chi connectivity index (χ4v) is 2.06. The zero-order chi connectivity index (χ0) is 16.2. The van der Waals surface area contributed by atoms with Crippen molar-refractivity contribution in [3.05, 3.63) is 29.3 Å². The highest BCUT2D eigenvalue weighted by atomic mass is 32.1. The minimum atomic E-state index is -4.55. The molecule has 118 valence electrons. The number of halogens is 3. The van der Waals surface area contributed by atoms with Crippen LogP contribution in [0.5, 0.6) is 0 Å². The largest absolute Gasteiger partial charge is 0.417 e. The number of anilines is 1. The number of hydrogen-bond acceptors (Lipinski definition) is 4. The maximum absolute atomic E-state index is 13.0. The standard InChI is InChI=1S/C13H17F3N2O2S/c1-18(6-9(19)7-20-2)8-3-4-10(12(17)21)11(5-8)13(14,15)16/h3-5,9,19H,6-7H2,1-2H3,(H2,17,21). The molecule has 0 radical (unpaired) electrons. The number of nitrogens with two attached hydrogens (primary N) is 1. The molecule has 1 aromatic rings. The van der Waals surface area contributed by atoms with Crippen LogP contribution in [-0.4, -0.2) is 43.5 Å². The highest BCUT2D eigenvalue weighted by Gasteiger charge is 2.34. The van der Waals surface area contributed by atoms with Crippen molar-refractivity contribution in [2.45, 2.75) is 12.3 Å². The minimum absolute atomic E-state index is 0.0986. The van der Waals surface area contributed by atoms with E-state index in [4.69, 9.17) is 10.5 Å². The van der Waals surface area contributed by atoms with Gasteiger partial charge in [-0.2, -0.15) is 13.2 Å². The van der Waals surface area contributed by atoms with Crippen molar-refractivity contribution in [3.63, 3.8) is 0 Å². The van der Waals surface area contributed by atoms with E-state index in [-0.39, 0.29) is 23.7 Å². The molecule has 4 nitrogen and oxygen atoms in total. The average Bonchev–Trinajstić information content (AvgIpc) is 2.37. The van der Waals surface area contributed by atoms with E-state index in [9.17, 15) is 18.3 Å². The molecule has 1 atom stereocenters. The summed E-state index contributed by atoms with van der Waals surface area (Å²) in [7, 11) is 3.01. The number of likely N-dealkylation sites (N-methyl/N-ethyl adjacent to an activating group) is 1. The molecule has 0 fully saturated rings. The van der Waals surface area contributed by atoms with E-state index in [1.54, 1.807) is 7.05 Å². The Morgan fingerprint density at radius 2 is 2.10 bits per heavy atom. The highest BCUT2D eigenvalue weighted by molar-refractivity contribution is 7.80. The molecule has 21 heavy (non-hydrogen) atoms. The molecule has 0 saturated heterocycles. The number of nitrogens with zero attached hydrogens (tertiary/aromatic N) is 1. The molecule has 8 heteroatoms. The van der Waals surface area contributed by atoms with Gasteiger partial charge in [-0.1, -0.05) is 12.2 Å². The SMILES string of the molecule is COCC(O)CN(C)c1ccc(C(N)=S)c(C(F)(F)F)c1. The molecule has 0 aliphatic rings. The number of hydrogen-bond donors (Lipinski definition) is 2. The Hall–Kier alpha value is -1.38. The van der Waals surface area contributed by atoms with Crippen molar-refractivity contribution < 1.29 is 23.0 Å². The molecule has 0 spiro atoms. The Kier molecular flexibility index (Phi) is 5.94. The van der Waals surface area contributed by atoms with E-state index in [1.807, 2.05) is 0 Å². The van der Waals surface area contributed by atoms with Gasteiger partial charge in [-0.05, 0) is 18.2 Å². The molecule has 1 aromatic carbocycles. The lowest BCUT2D eigenvalue weighted by Crippen LogP contribution is -2.32. The first-order valence-electron chi connectivity index (χ1n) is 6.06. The fourth-order valence-electron chi connectivity index (χ4n) is 1.89. The summed E-state index contributed by atoms with van der Waals surface area (Å²) in [6.45, 7) is 0.235. The predicted molar refractivity (Wildman–Crippen MR) is 78.5 cm³/mol. The number of thiocarbonyl (C=S) groups is 1. The summed E-state index contributed by atoms with van der Waals surface area (Å²) in [6.07, 6.45) is -5.36. The topological polar surface area (TPSA) is 58.7 Å². The smallest absolute Gasteiger partial charge is 0.389 e. The van der Waals surface area contributed by atoms with Gasteiger partial charge in [0.05, 0.1) is 18.3 Å². The van der Waals surface area contributed by atoms with Crippen molar-refractivity contribution >= 4 is 22.9 Å². The van der Waals surface area contributed by atoms with E-state index >= 15 is 0 Å². The summed E-state index contributed by atoms with van der Waals surface area (Å²) in [6, 6.07) is 3.68. The summed E-state index contributed by atoms with van der Waals surface area (Å²) < 4.78 is 43.9. The Balaban J connectivity index is 3.08. The van der Waals surface area contributed by atoms with Crippen molar-refractivity contribution in [2.24, 2.45) is 5.73 Å². The van der Waals surface area contributed by atoms with Crippen LogP contribution in [0, 0.1) is 0 Å². The maximum atomic E-state index is 13.0. The van der Waals surface area contributed by atoms with Crippen molar-refractivity contribution in [1.82, 2.24) is 0 Å². The summed E-state index contributed by atoms with van der Waals surface area (Å²) in [5.41, 5.74) is 4.52. The normalized spacial score (nSPS) is 13.0. The van der Waals surface area contributed by atoms with Gasteiger partial charge in [0.15, 0.2) is 0 Å². The predicted octanol–water partition coefficient (Wildman–Crippen LogP) is 1.78. The van der Waals surface area contributed by atoms with Gasteiger partial charge in [-0.25, -0.2) is 0 Å². The zero-order valence-corrected chi connectivity index (χ0v) is 12.5. The van der Waals surface area contributed by atoms with Gasteiger partial charge in [-0.15, -0.1) is 0 Å².